The molecule has 0 bridgehead atoms. The number of thioether (sulfide) groups is 1. The molecule has 0 spiro atoms. The molecule has 4 rings (SSSR count). The highest BCUT2D eigenvalue weighted by molar-refractivity contribution is 8.00. The van der Waals surface area contributed by atoms with Crippen LogP contribution in [0.15, 0.2) is 53.7 Å². The van der Waals surface area contributed by atoms with Gasteiger partial charge in [-0.2, -0.15) is 0 Å². The molecule has 0 aliphatic carbocycles. The molecule has 2 N–H and O–H groups in total. The van der Waals surface area contributed by atoms with Crippen molar-refractivity contribution in [1.82, 2.24) is 20.2 Å². The summed E-state index contributed by atoms with van der Waals surface area (Å²) in [5.41, 5.74) is 3.50. The van der Waals surface area contributed by atoms with Crippen LogP contribution in [-0.4, -0.2) is 38.3 Å². The predicted octanol–water partition coefficient (Wildman–Crippen LogP) is 4.63. The van der Waals surface area contributed by atoms with E-state index < -0.39 is 0 Å². The van der Waals surface area contributed by atoms with Gasteiger partial charge >= 0.3 is 0 Å². The van der Waals surface area contributed by atoms with Crippen LogP contribution in [0.2, 0.25) is 0 Å². The summed E-state index contributed by atoms with van der Waals surface area (Å²) in [5.74, 6) is 1.51. The number of rotatable bonds is 6. The molecule has 1 atom stereocenters. The van der Waals surface area contributed by atoms with E-state index in [9.17, 15) is 4.79 Å². The zero-order valence-electron chi connectivity index (χ0n) is 15.8. The smallest absolute Gasteiger partial charge is 0.209 e. The number of ether oxygens (including phenoxy) is 1. The number of nitrogens with one attached hydrogen (secondary N) is 2. The maximum Gasteiger partial charge on any atom is 0.209 e. The highest BCUT2D eigenvalue weighted by atomic mass is 32.2. The molecule has 0 unspecified atom stereocenters. The van der Waals surface area contributed by atoms with E-state index in [4.69, 9.17) is 4.74 Å². The summed E-state index contributed by atoms with van der Waals surface area (Å²) < 4.78 is 5.17. The number of carbonyl (C=O) groups is 1. The first-order valence-electron chi connectivity index (χ1n) is 8.92. The summed E-state index contributed by atoms with van der Waals surface area (Å²) in [6.07, 6.45) is 0. The minimum absolute atomic E-state index is 0.0655. The summed E-state index contributed by atoms with van der Waals surface area (Å²) >= 11 is 1.35. The van der Waals surface area contributed by atoms with Gasteiger partial charge in [-0.05, 0) is 44.2 Å². The molecule has 0 saturated heterocycles. The Balaban J connectivity index is 1.53. The molecule has 0 saturated carbocycles. The van der Waals surface area contributed by atoms with Crippen LogP contribution in [-0.2, 0) is 0 Å². The normalized spacial score (nSPS) is 12.2. The minimum atomic E-state index is -0.308. The lowest BCUT2D eigenvalue weighted by Crippen LogP contribution is -2.14. The molecule has 142 valence electrons. The Hall–Kier alpha value is -3.06. The number of para-hydroxylation sites is 1. The number of carbonyl (C=O) groups excluding carboxylic acids is 1. The molecule has 2 aromatic heterocycles. The van der Waals surface area contributed by atoms with Gasteiger partial charge < -0.3 is 9.72 Å². The fourth-order valence-corrected chi connectivity index (χ4v) is 3.97. The highest BCUT2D eigenvalue weighted by Gasteiger charge is 2.23. The van der Waals surface area contributed by atoms with Crippen molar-refractivity contribution in [3.8, 4) is 17.1 Å². The number of aromatic amines is 2. The average molecular weight is 392 g/mol. The summed E-state index contributed by atoms with van der Waals surface area (Å²) in [5, 5.41) is 8.39. The molecule has 0 amide bonds. The zero-order valence-corrected chi connectivity index (χ0v) is 16.6. The van der Waals surface area contributed by atoms with E-state index in [1.54, 1.807) is 7.11 Å². The average Bonchev–Trinajstić information content (AvgIpc) is 3.31. The number of aryl methyl sites for hydroxylation is 1. The van der Waals surface area contributed by atoms with Gasteiger partial charge in [-0.15, -0.1) is 5.10 Å². The second-order valence-electron chi connectivity index (χ2n) is 6.49. The summed E-state index contributed by atoms with van der Waals surface area (Å²) in [6.45, 7) is 3.82. The quantitative estimate of drug-likeness (QED) is 0.369. The van der Waals surface area contributed by atoms with Gasteiger partial charge in [-0.3, -0.25) is 9.89 Å². The van der Waals surface area contributed by atoms with Crippen molar-refractivity contribution in [3.63, 3.8) is 0 Å². The van der Waals surface area contributed by atoms with E-state index in [2.05, 4.69) is 20.2 Å². The van der Waals surface area contributed by atoms with Crippen molar-refractivity contribution in [2.24, 2.45) is 0 Å². The van der Waals surface area contributed by atoms with Crippen LogP contribution in [0.3, 0.4) is 0 Å². The van der Waals surface area contributed by atoms with Crippen molar-refractivity contribution in [3.05, 3.63) is 59.8 Å². The molecule has 0 fully saturated rings. The monoisotopic (exact) mass is 392 g/mol. The van der Waals surface area contributed by atoms with Crippen LogP contribution in [0.25, 0.3) is 22.3 Å². The van der Waals surface area contributed by atoms with Crippen LogP contribution < -0.4 is 4.74 Å². The van der Waals surface area contributed by atoms with Gasteiger partial charge in [0.15, 0.2) is 11.6 Å². The number of fused-ring (bicyclic) bond motifs is 1. The fraction of sp³-hybridized carbons (Fsp3) is 0.190. The van der Waals surface area contributed by atoms with Crippen LogP contribution in [0, 0.1) is 6.92 Å². The van der Waals surface area contributed by atoms with Crippen molar-refractivity contribution in [2.75, 3.05) is 7.11 Å². The third kappa shape index (κ3) is 3.41. The summed E-state index contributed by atoms with van der Waals surface area (Å²) in [6, 6.07) is 15.4. The molecule has 2 aromatic carbocycles. The molecule has 2 heterocycles. The third-order valence-corrected chi connectivity index (χ3v) is 5.58. The van der Waals surface area contributed by atoms with Crippen molar-refractivity contribution in [1.29, 1.82) is 0 Å². The summed E-state index contributed by atoms with van der Waals surface area (Å²) in [4.78, 5) is 20.9. The van der Waals surface area contributed by atoms with Crippen LogP contribution in [0.4, 0.5) is 0 Å². The largest absolute Gasteiger partial charge is 0.497 e. The second-order valence-corrected chi connectivity index (χ2v) is 7.80. The Labute approximate surface area is 166 Å². The molecule has 0 radical (unpaired) electrons. The Bertz CT molecular complexity index is 1130. The first kappa shape index (κ1) is 18.3. The number of aromatic nitrogens is 4. The highest BCUT2D eigenvalue weighted by Crippen LogP contribution is 2.29. The topological polar surface area (TPSA) is 83.7 Å². The number of benzene rings is 2. The number of H-pyrrole nitrogens is 2. The molecular weight excluding hydrogens is 372 g/mol. The van der Waals surface area contributed by atoms with E-state index >= 15 is 0 Å². The van der Waals surface area contributed by atoms with E-state index in [1.807, 2.05) is 62.4 Å². The number of nitrogens with zero attached hydrogens (tertiary/aromatic N) is 2. The van der Waals surface area contributed by atoms with Gasteiger partial charge in [-0.1, -0.05) is 30.0 Å². The maximum absolute atomic E-state index is 13.1. The summed E-state index contributed by atoms with van der Waals surface area (Å²) in [7, 11) is 1.63. The molecule has 7 heteroatoms. The molecule has 6 nitrogen and oxygen atoms in total. The van der Waals surface area contributed by atoms with Gasteiger partial charge in [0, 0.05) is 27.7 Å². The molecule has 0 aliphatic rings. The molecule has 4 aromatic rings. The number of hydrogen-bond acceptors (Lipinski definition) is 5. The van der Waals surface area contributed by atoms with Gasteiger partial charge in [0.1, 0.15) is 5.75 Å². The molecular formula is C21H20N4O2S. The Kier molecular flexibility index (Phi) is 4.92. The zero-order chi connectivity index (χ0) is 19.7. The SMILES string of the molecule is COc1ccc(-c2nc(S[C@H](C)C(=O)c3c(C)[nH]c4ccccc34)n[nH]2)cc1. The third-order valence-electron chi connectivity index (χ3n) is 4.62. The number of hydrogen-bond donors (Lipinski definition) is 2. The van der Waals surface area contributed by atoms with Gasteiger partial charge in [0.05, 0.1) is 12.4 Å². The standard InChI is InChI=1S/C21H20N4O2S/c1-12-18(16-6-4-5-7-17(16)22-12)19(26)13(2)28-21-23-20(24-25-21)14-8-10-15(27-3)11-9-14/h4-11,13,22H,1-3H3,(H,23,24,25)/t13-/m1/s1. The van der Waals surface area contributed by atoms with Crippen molar-refractivity contribution >= 4 is 28.4 Å². The Morgan fingerprint density at radius 2 is 1.89 bits per heavy atom. The van der Waals surface area contributed by atoms with E-state index in [-0.39, 0.29) is 11.0 Å². The lowest BCUT2D eigenvalue weighted by atomic mass is 10.1. The second kappa shape index (κ2) is 7.52. The lowest BCUT2D eigenvalue weighted by Gasteiger charge is -2.08. The maximum atomic E-state index is 13.1. The first-order chi connectivity index (χ1) is 13.6. The van der Waals surface area contributed by atoms with Gasteiger partial charge in [-0.25, -0.2) is 4.98 Å². The first-order valence-corrected chi connectivity index (χ1v) is 9.80. The van der Waals surface area contributed by atoms with E-state index in [1.165, 1.54) is 11.8 Å². The van der Waals surface area contributed by atoms with Crippen LogP contribution in [0.1, 0.15) is 23.0 Å². The minimum Gasteiger partial charge on any atom is -0.497 e. The van der Waals surface area contributed by atoms with Gasteiger partial charge in [0.2, 0.25) is 5.16 Å². The van der Waals surface area contributed by atoms with E-state index in [0.717, 1.165) is 33.5 Å². The fourth-order valence-electron chi connectivity index (χ4n) is 3.19. The van der Waals surface area contributed by atoms with E-state index in [0.29, 0.717) is 11.0 Å². The van der Waals surface area contributed by atoms with Crippen LogP contribution in [0.5, 0.6) is 5.75 Å². The number of Topliss-reactive ketones (excluding diaryl/α,β-unsaturated/α-hetero) is 1. The van der Waals surface area contributed by atoms with Crippen molar-refractivity contribution in [2.45, 2.75) is 24.3 Å². The number of ketones is 1. The van der Waals surface area contributed by atoms with Gasteiger partial charge in [0.25, 0.3) is 0 Å². The lowest BCUT2D eigenvalue weighted by molar-refractivity contribution is 0.0995. The predicted molar refractivity (Wildman–Crippen MR) is 111 cm³/mol. The Morgan fingerprint density at radius 1 is 1.14 bits per heavy atom. The molecule has 0 aliphatic heterocycles. The molecule has 28 heavy (non-hydrogen) atoms. The van der Waals surface area contributed by atoms with Crippen LogP contribution >= 0.6 is 11.8 Å². The number of methoxy groups -OCH3 is 1. The Morgan fingerprint density at radius 3 is 2.64 bits per heavy atom. The van der Waals surface area contributed by atoms with Crippen molar-refractivity contribution < 1.29 is 9.53 Å².